The largest absolute Gasteiger partial charge is 0.413 e. The molecule has 1 aromatic rings. The van der Waals surface area contributed by atoms with Gasteiger partial charge in [0.05, 0.1) is 0 Å². The molecule has 1 rings (SSSR count). The van der Waals surface area contributed by atoms with Crippen LogP contribution in [-0.2, 0) is 0 Å². The fourth-order valence-corrected chi connectivity index (χ4v) is 1.53. The number of rotatable bonds is 1. The van der Waals surface area contributed by atoms with Crippen molar-refractivity contribution in [1.29, 1.82) is 0 Å². The molecule has 88 valence electrons. The van der Waals surface area contributed by atoms with Crippen molar-refractivity contribution >= 4 is 29.3 Å². The molecule has 3 nitrogen and oxygen atoms in total. The lowest BCUT2D eigenvalue weighted by atomic mass is 10.1. The number of hydrogen-bond donors (Lipinski definition) is 1. The molecule has 0 bridgehead atoms. The Morgan fingerprint density at radius 2 is 1.69 bits per heavy atom. The molecule has 0 heterocycles. The van der Waals surface area contributed by atoms with Gasteiger partial charge >= 0.3 is 6.09 Å². The fraction of sp³-hybridized carbons (Fsp3) is 0.364. The van der Waals surface area contributed by atoms with Crippen LogP contribution in [0.2, 0.25) is 10.0 Å². The molecule has 0 aliphatic heterocycles. The van der Waals surface area contributed by atoms with Crippen LogP contribution in [0.1, 0.15) is 20.8 Å². The van der Waals surface area contributed by atoms with Gasteiger partial charge in [0.1, 0.15) is 5.75 Å². The molecule has 0 radical (unpaired) electrons. The molecule has 0 saturated heterocycles. The standard InChI is InChI=1S/C11H13Cl2NO2/c1-11(2,3)14-10(15)16-9-5-7(12)4-8(13)6-9/h4-6H,1-3H3,(H,14,15). The van der Waals surface area contributed by atoms with Crippen LogP contribution in [0.5, 0.6) is 5.75 Å². The predicted octanol–water partition coefficient (Wildman–Crippen LogP) is 3.88. The number of halogens is 2. The van der Waals surface area contributed by atoms with Crippen LogP contribution in [0.3, 0.4) is 0 Å². The topological polar surface area (TPSA) is 38.3 Å². The molecular weight excluding hydrogens is 249 g/mol. The van der Waals surface area contributed by atoms with Gasteiger partial charge in [-0.25, -0.2) is 4.79 Å². The van der Waals surface area contributed by atoms with Crippen LogP contribution < -0.4 is 10.1 Å². The summed E-state index contributed by atoms with van der Waals surface area (Å²) in [6, 6.07) is 4.61. The zero-order valence-corrected chi connectivity index (χ0v) is 10.8. The Morgan fingerprint density at radius 3 is 2.12 bits per heavy atom. The van der Waals surface area contributed by atoms with Gasteiger partial charge in [0.2, 0.25) is 0 Å². The molecule has 1 N–H and O–H groups in total. The predicted molar refractivity (Wildman–Crippen MR) is 65.4 cm³/mol. The summed E-state index contributed by atoms with van der Waals surface area (Å²) in [4.78, 5) is 11.4. The van der Waals surface area contributed by atoms with E-state index in [1.165, 1.54) is 12.1 Å². The number of carbonyl (C=O) groups excluding carboxylic acids is 1. The SMILES string of the molecule is CC(C)(C)NC(=O)Oc1cc(Cl)cc(Cl)c1. The lowest BCUT2D eigenvalue weighted by Gasteiger charge is -2.19. The summed E-state index contributed by atoms with van der Waals surface area (Å²) in [5.41, 5.74) is -0.348. The molecule has 1 amide bonds. The number of nitrogens with one attached hydrogen (secondary N) is 1. The van der Waals surface area contributed by atoms with Crippen molar-refractivity contribution in [3.8, 4) is 5.75 Å². The van der Waals surface area contributed by atoms with Gasteiger partial charge in [-0.1, -0.05) is 23.2 Å². The van der Waals surface area contributed by atoms with Crippen molar-refractivity contribution in [2.45, 2.75) is 26.3 Å². The van der Waals surface area contributed by atoms with Crippen LogP contribution >= 0.6 is 23.2 Å². The molecular formula is C11H13Cl2NO2. The van der Waals surface area contributed by atoms with Crippen LogP contribution in [-0.4, -0.2) is 11.6 Å². The molecule has 5 heteroatoms. The maximum absolute atomic E-state index is 11.4. The first-order valence-corrected chi connectivity index (χ1v) is 5.48. The van der Waals surface area contributed by atoms with E-state index in [0.29, 0.717) is 15.8 Å². The normalized spacial score (nSPS) is 11.1. The second-order valence-corrected chi connectivity index (χ2v) is 5.24. The smallest absolute Gasteiger partial charge is 0.410 e. The second-order valence-electron chi connectivity index (χ2n) is 4.37. The summed E-state index contributed by atoms with van der Waals surface area (Å²) >= 11 is 11.5. The van der Waals surface area contributed by atoms with Gasteiger partial charge in [-0.05, 0) is 39.0 Å². The highest BCUT2D eigenvalue weighted by Crippen LogP contribution is 2.24. The zero-order chi connectivity index (χ0) is 12.3. The number of amides is 1. The molecule has 0 spiro atoms. The van der Waals surface area contributed by atoms with E-state index in [1.54, 1.807) is 6.07 Å². The molecule has 0 unspecified atom stereocenters. The number of carbonyl (C=O) groups is 1. The van der Waals surface area contributed by atoms with Gasteiger partial charge in [0, 0.05) is 15.6 Å². The van der Waals surface area contributed by atoms with Crippen LogP contribution in [0.4, 0.5) is 4.79 Å². The van der Waals surface area contributed by atoms with E-state index in [4.69, 9.17) is 27.9 Å². The van der Waals surface area contributed by atoms with Gasteiger partial charge in [-0.15, -0.1) is 0 Å². The molecule has 16 heavy (non-hydrogen) atoms. The third-order valence-electron chi connectivity index (χ3n) is 1.52. The van der Waals surface area contributed by atoms with E-state index in [-0.39, 0.29) is 5.54 Å². The summed E-state index contributed by atoms with van der Waals surface area (Å²) in [5.74, 6) is 0.319. The number of hydrogen-bond acceptors (Lipinski definition) is 2. The maximum atomic E-state index is 11.4. The molecule has 0 aromatic heterocycles. The minimum atomic E-state index is -0.536. The van der Waals surface area contributed by atoms with Gasteiger partial charge in [0.25, 0.3) is 0 Å². The van der Waals surface area contributed by atoms with E-state index in [2.05, 4.69) is 5.32 Å². The first-order valence-electron chi connectivity index (χ1n) is 4.72. The lowest BCUT2D eigenvalue weighted by Crippen LogP contribution is -2.42. The van der Waals surface area contributed by atoms with Crippen molar-refractivity contribution in [2.75, 3.05) is 0 Å². The summed E-state index contributed by atoms with van der Waals surface area (Å²) in [6.07, 6.45) is -0.536. The lowest BCUT2D eigenvalue weighted by molar-refractivity contribution is 0.190. The molecule has 0 aliphatic rings. The van der Waals surface area contributed by atoms with Gasteiger partial charge in [-0.2, -0.15) is 0 Å². The fourth-order valence-electron chi connectivity index (χ4n) is 1.03. The third-order valence-corrected chi connectivity index (χ3v) is 1.96. The maximum Gasteiger partial charge on any atom is 0.413 e. The highest BCUT2D eigenvalue weighted by atomic mass is 35.5. The summed E-state index contributed by atoms with van der Waals surface area (Å²) in [5, 5.41) is 3.50. The zero-order valence-electron chi connectivity index (χ0n) is 9.30. The van der Waals surface area contributed by atoms with Crippen LogP contribution in [0.25, 0.3) is 0 Å². The van der Waals surface area contributed by atoms with E-state index >= 15 is 0 Å². The van der Waals surface area contributed by atoms with Crippen molar-refractivity contribution in [3.63, 3.8) is 0 Å². The summed E-state index contributed by atoms with van der Waals surface area (Å²) in [6.45, 7) is 5.58. The van der Waals surface area contributed by atoms with Gasteiger partial charge < -0.3 is 10.1 Å². The Bertz CT molecular complexity index is 379. The highest BCUT2D eigenvalue weighted by molar-refractivity contribution is 6.34. The van der Waals surface area contributed by atoms with Crippen LogP contribution in [0.15, 0.2) is 18.2 Å². The first-order chi connectivity index (χ1) is 7.26. The Labute approximate surface area is 105 Å². The average molecular weight is 262 g/mol. The molecule has 1 aromatic carbocycles. The summed E-state index contributed by atoms with van der Waals surface area (Å²) in [7, 11) is 0. The Kier molecular flexibility index (Phi) is 4.05. The molecule has 0 aliphatic carbocycles. The number of benzene rings is 1. The number of ether oxygens (including phenoxy) is 1. The Hall–Kier alpha value is -0.930. The minimum absolute atomic E-state index is 0.319. The van der Waals surface area contributed by atoms with Crippen molar-refractivity contribution in [1.82, 2.24) is 5.32 Å². The second kappa shape index (κ2) is 4.93. The van der Waals surface area contributed by atoms with E-state index in [9.17, 15) is 4.79 Å². The highest BCUT2D eigenvalue weighted by Gasteiger charge is 2.15. The van der Waals surface area contributed by atoms with E-state index in [1.807, 2.05) is 20.8 Å². The van der Waals surface area contributed by atoms with Crippen molar-refractivity contribution in [3.05, 3.63) is 28.2 Å². The Balaban J connectivity index is 2.70. The monoisotopic (exact) mass is 261 g/mol. The molecule has 0 atom stereocenters. The van der Waals surface area contributed by atoms with E-state index in [0.717, 1.165) is 0 Å². The quantitative estimate of drug-likeness (QED) is 0.834. The summed E-state index contributed by atoms with van der Waals surface area (Å²) < 4.78 is 5.03. The van der Waals surface area contributed by atoms with Crippen molar-refractivity contribution in [2.24, 2.45) is 0 Å². The minimum Gasteiger partial charge on any atom is -0.410 e. The van der Waals surface area contributed by atoms with E-state index < -0.39 is 6.09 Å². The first kappa shape index (κ1) is 13.1. The molecule has 0 saturated carbocycles. The Morgan fingerprint density at radius 1 is 1.19 bits per heavy atom. The van der Waals surface area contributed by atoms with Crippen LogP contribution in [0, 0.1) is 0 Å². The van der Waals surface area contributed by atoms with Gasteiger partial charge in [0.15, 0.2) is 0 Å². The van der Waals surface area contributed by atoms with Crippen molar-refractivity contribution < 1.29 is 9.53 Å². The third kappa shape index (κ3) is 4.73. The van der Waals surface area contributed by atoms with Gasteiger partial charge in [-0.3, -0.25) is 0 Å². The molecule has 0 fully saturated rings. The average Bonchev–Trinajstić information content (AvgIpc) is 1.96.